The van der Waals surface area contributed by atoms with E-state index in [1.54, 1.807) is 44.3 Å². The van der Waals surface area contributed by atoms with Crippen LogP contribution in [0.3, 0.4) is 0 Å². The van der Waals surface area contributed by atoms with Crippen molar-refractivity contribution in [3.8, 4) is 6.07 Å². The first-order valence-corrected chi connectivity index (χ1v) is 6.31. The van der Waals surface area contributed by atoms with Crippen LogP contribution in [0.2, 0.25) is 5.15 Å². The van der Waals surface area contributed by atoms with Gasteiger partial charge in [0.05, 0.1) is 11.6 Å². The van der Waals surface area contributed by atoms with Gasteiger partial charge in [-0.1, -0.05) is 17.7 Å². The van der Waals surface area contributed by atoms with Gasteiger partial charge < -0.3 is 4.90 Å². The average Bonchev–Trinajstić information content (AvgIpc) is 2.44. The van der Waals surface area contributed by atoms with E-state index in [0.717, 1.165) is 0 Å². The molecule has 0 unspecified atom stereocenters. The summed E-state index contributed by atoms with van der Waals surface area (Å²) < 4.78 is 0. The van der Waals surface area contributed by atoms with Gasteiger partial charge >= 0.3 is 0 Å². The summed E-state index contributed by atoms with van der Waals surface area (Å²) in [5.41, 5.74) is 2.30. The van der Waals surface area contributed by atoms with Crippen LogP contribution in [0.15, 0.2) is 36.4 Å². The molecule has 0 bridgehead atoms. The molecule has 0 aliphatic heterocycles. The molecule has 100 valence electrons. The number of pyridine rings is 1. The van der Waals surface area contributed by atoms with Crippen molar-refractivity contribution < 1.29 is 4.79 Å². The Morgan fingerprint density at radius 2 is 2.10 bits per heavy atom. The highest BCUT2D eigenvalue weighted by molar-refractivity contribution is 6.29. The number of benzene rings is 1. The average molecular weight is 286 g/mol. The number of carbonyl (C=O) groups is 1. The quantitative estimate of drug-likeness (QED) is 0.796. The Morgan fingerprint density at radius 1 is 1.35 bits per heavy atom. The summed E-state index contributed by atoms with van der Waals surface area (Å²) in [6.07, 6.45) is 0. The second-order valence-corrected chi connectivity index (χ2v) is 4.73. The zero-order chi connectivity index (χ0) is 14.7. The van der Waals surface area contributed by atoms with Crippen LogP contribution in [0.1, 0.15) is 21.6 Å². The van der Waals surface area contributed by atoms with E-state index < -0.39 is 0 Å². The monoisotopic (exact) mass is 285 g/mol. The van der Waals surface area contributed by atoms with Gasteiger partial charge in [-0.25, -0.2) is 4.98 Å². The van der Waals surface area contributed by atoms with Crippen molar-refractivity contribution in [2.24, 2.45) is 0 Å². The molecule has 0 aliphatic carbocycles. The van der Waals surface area contributed by atoms with Crippen molar-refractivity contribution >= 4 is 23.2 Å². The fourth-order valence-electron chi connectivity index (χ4n) is 1.85. The highest BCUT2D eigenvalue weighted by Gasteiger charge is 2.15. The number of aromatic nitrogens is 1. The molecule has 5 heteroatoms. The topological polar surface area (TPSA) is 57.0 Å². The van der Waals surface area contributed by atoms with Crippen LogP contribution in [-0.4, -0.2) is 17.9 Å². The maximum absolute atomic E-state index is 12.4. The number of hydrogen-bond acceptors (Lipinski definition) is 3. The molecule has 0 fully saturated rings. The Bertz CT molecular complexity index is 686. The second-order valence-electron chi connectivity index (χ2n) is 4.35. The molecule has 0 N–H and O–H groups in total. The van der Waals surface area contributed by atoms with Crippen molar-refractivity contribution in [1.29, 1.82) is 5.26 Å². The van der Waals surface area contributed by atoms with Gasteiger partial charge in [-0.15, -0.1) is 0 Å². The lowest BCUT2D eigenvalue weighted by atomic mass is 10.1. The minimum atomic E-state index is -0.201. The van der Waals surface area contributed by atoms with Crippen molar-refractivity contribution in [2.75, 3.05) is 11.9 Å². The number of aryl methyl sites for hydroxylation is 1. The molecule has 2 rings (SSSR count). The van der Waals surface area contributed by atoms with E-state index in [4.69, 9.17) is 16.9 Å². The Hall–Kier alpha value is -2.38. The smallest absolute Gasteiger partial charge is 0.258 e. The van der Waals surface area contributed by atoms with Crippen LogP contribution in [-0.2, 0) is 0 Å². The molecule has 4 nitrogen and oxygen atoms in total. The summed E-state index contributed by atoms with van der Waals surface area (Å²) >= 11 is 5.87. The molecular weight excluding hydrogens is 274 g/mol. The summed E-state index contributed by atoms with van der Waals surface area (Å²) in [6, 6.07) is 12.1. The molecule has 2 aromatic rings. The van der Waals surface area contributed by atoms with E-state index in [0.29, 0.717) is 22.5 Å². The molecule has 0 spiro atoms. The Labute approximate surface area is 122 Å². The largest absolute Gasteiger partial charge is 0.311 e. The number of carbonyl (C=O) groups excluding carboxylic acids is 1. The Balaban J connectivity index is 2.35. The third kappa shape index (κ3) is 2.95. The predicted molar refractivity (Wildman–Crippen MR) is 77.9 cm³/mol. The first kappa shape index (κ1) is 14.0. The van der Waals surface area contributed by atoms with Gasteiger partial charge in [0.15, 0.2) is 0 Å². The van der Waals surface area contributed by atoms with Crippen LogP contribution in [0.4, 0.5) is 5.69 Å². The number of hydrogen-bond donors (Lipinski definition) is 0. The fraction of sp³-hybridized carbons (Fsp3) is 0.133. The van der Waals surface area contributed by atoms with E-state index in [1.165, 1.54) is 11.0 Å². The molecule has 0 radical (unpaired) electrons. The number of rotatable bonds is 2. The zero-order valence-electron chi connectivity index (χ0n) is 11.1. The van der Waals surface area contributed by atoms with Gasteiger partial charge in [-0.05, 0) is 37.3 Å². The summed E-state index contributed by atoms with van der Waals surface area (Å²) in [5, 5.41) is 9.18. The van der Waals surface area contributed by atoms with E-state index in [2.05, 4.69) is 11.1 Å². The first-order chi connectivity index (χ1) is 9.51. The normalized spacial score (nSPS) is 9.90. The van der Waals surface area contributed by atoms with Crippen molar-refractivity contribution in [1.82, 2.24) is 4.98 Å². The van der Waals surface area contributed by atoms with Crippen molar-refractivity contribution in [2.45, 2.75) is 6.92 Å². The minimum Gasteiger partial charge on any atom is -0.311 e. The number of nitrogens with zero attached hydrogens (tertiary/aromatic N) is 3. The van der Waals surface area contributed by atoms with Crippen LogP contribution < -0.4 is 4.90 Å². The third-order valence-electron chi connectivity index (χ3n) is 2.84. The molecule has 0 aliphatic rings. The van der Waals surface area contributed by atoms with Crippen LogP contribution in [0.5, 0.6) is 0 Å². The lowest BCUT2D eigenvalue weighted by Crippen LogP contribution is -2.26. The highest BCUT2D eigenvalue weighted by atomic mass is 35.5. The zero-order valence-corrected chi connectivity index (χ0v) is 11.8. The molecule has 1 heterocycles. The fourth-order valence-corrected chi connectivity index (χ4v) is 2.10. The second kappa shape index (κ2) is 5.72. The molecule has 0 saturated carbocycles. The van der Waals surface area contributed by atoms with Gasteiger partial charge in [0.2, 0.25) is 0 Å². The maximum Gasteiger partial charge on any atom is 0.258 e. The molecule has 1 amide bonds. The summed E-state index contributed by atoms with van der Waals surface area (Å²) in [4.78, 5) is 17.9. The summed E-state index contributed by atoms with van der Waals surface area (Å²) in [7, 11) is 1.66. The molecule has 1 aromatic carbocycles. The minimum absolute atomic E-state index is 0.201. The van der Waals surface area contributed by atoms with E-state index in [9.17, 15) is 4.79 Å². The Morgan fingerprint density at radius 3 is 2.75 bits per heavy atom. The van der Waals surface area contributed by atoms with Crippen molar-refractivity contribution in [3.63, 3.8) is 0 Å². The van der Waals surface area contributed by atoms with Gasteiger partial charge in [0, 0.05) is 24.0 Å². The lowest BCUT2D eigenvalue weighted by Gasteiger charge is -2.17. The van der Waals surface area contributed by atoms with Crippen molar-refractivity contribution in [3.05, 3.63) is 58.4 Å². The standard InChI is InChI=1S/C15H12ClN3O/c1-10-6-12(8-14(16)18-10)15(20)19(2)13-5-3-4-11(7-13)9-17/h3-8H,1-2H3. The molecule has 1 aromatic heterocycles. The number of halogens is 1. The maximum atomic E-state index is 12.4. The van der Waals surface area contributed by atoms with E-state index in [-0.39, 0.29) is 11.1 Å². The Kier molecular flexibility index (Phi) is 4.02. The molecule has 20 heavy (non-hydrogen) atoms. The SMILES string of the molecule is Cc1cc(C(=O)N(C)c2cccc(C#N)c2)cc(Cl)n1. The first-order valence-electron chi connectivity index (χ1n) is 5.93. The van der Waals surface area contributed by atoms with Gasteiger partial charge in [0.1, 0.15) is 5.15 Å². The van der Waals surface area contributed by atoms with E-state index in [1.807, 2.05) is 0 Å². The number of nitriles is 1. The molecule has 0 saturated heterocycles. The molecular formula is C15H12ClN3O. The van der Waals surface area contributed by atoms with Crippen LogP contribution in [0.25, 0.3) is 0 Å². The molecule has 0 atom stereocenters. The highest BCUT2D eigenvalue weighted by Crippen LogP contribution is 2.18. The lowest BCUT2D eigenvalue weighted by molar-refractivity contribution is 0.0993. The van der Waals surface area contributed by atoms with Crippen LogP contribution >= 0.6 is 11.6 Å². The number of amides is 1. The number of anilines is 1. The predicted octanol–water partition coefficient (Wildman–Crippen LogP) is 3.19. The third-order valence-corrected chi connectivity index (χ3v) is 3.03. The van der Waals surface area contributed by atoms with E-state index >= 15 is 0 Å². The van der Waals surface area contributed by atoms with Gasteiger partial charge in [-0.3, -0.25) is 4.79 Å². The summed E-state index contributed by atoms with van der Waals surface area (Å²) in [6.45, 7) is 1.78. The van der Waals surface area contributed by atoms with Gasteiger partial charge in [0.25, 0.3) is 5.91 Å². The summed E-state index contributed by atoms with van der Waals surface area (Å²) in [5.74, 6) is -0.201. The van der Waals surface area contributed by atoms with Gasteiger partial charge in [-0.2, -0.15) is 5.26 Å². The van der Waals surface area contributed by atoms with Crippen LogP contribution in [0, 0.1) is 18.3 Å².